The van der Waals surface area contributed by atoms with Gasteiger partial charge in [-0.05, 0) is 30.7 Å². The van der Waals surface area contributed by atoms with Gasteiger partial charge in [-0.2, -0.15) is 0 Å². The van der Waals surface area contributed by atoms with Gasteiger partial charge in [0.25, 0.3) is 0 Å². The Morgan fingerprint density at radius 1 is 1.36 bits per heavy atom. The standard InChI is InChI=1S/C8H10O4S.Na/c1-6-5-7(13(9,10)11)3-4-8(6)12-2;/h3-5H,1-2H3,(H,9,10,11);/q;+1/p-1. The van der Waals surface area contributed by atoms with E-state index in [0.717, 1.165) is 0 Å². The van der Waals surface area contributed by atoms with Crippen LogP contribution in [-0.4, -0.2) is 20.1 Å². The predicted molar refractivity (Wildman–Crippen MR) is 45.7 cm³/mol. The van der Waals surface area contributed by atoms with Gasteiger partial charge in [0.1, 0.15) is 15.9 Å². The van der Waals surface area contributed by atoms with Crippen molar-refractivity contribution in [2.75, 3.05) is 7.11 Å². The SMILES string of the molecule is COc1ccc(S(=O)(=O)[O-])cc1C.[Na+]. The number of benzene rings is 1. The summed E-state index contributed by atoms with van der Waals surface area (Å²) < 4.78 is 36.7. The molecule has 0 atom stereocenters. The van der Waals surface area contributed by atoms with Crippen molar-refractivity contribution in [2.45, 2.75) is 11.8 Å². The molecule has 0 aromatic heterocycles. The minimum absolute atomic E-state index is 0. The molecule has 0 spiro atoms. The molecule has 0 saturated heterocycles. The monoisotopic (exact) mass is 224 g/mol. The molecule has 14 heavy (non-hydrogen) atoms. The molecule has 6 heteroatoms. The van der Waals surface area contributed by atoms with Crippen LogP contribution in [0.1, 0.15) is 5.56 Å². The first-order chi connectivity index (χ1) is 5.95. The summed E-state index contributed by atoms with van der Waals surface area (Å²) in [6.45, 7) is 1.67. The molecule has 0 fully saturated rings. The Hall–Kier alpha value is -0.0700. The maximum Gasteiger partial charge on any atom is 1.00 e. The summed E-state index contributed by atoms with van der Waals surface area (Å²) in [7, 11) is -2.88. The minimum Gasteiger partial charge on any atom is -0.744 e. The van der Waals surface area contributed by atoms with Crippen LogP contribution >= 0.6 is 0 Å². The third-order valence-corrected chi connectivity index (χ3v) is 2.49. The molecular formula is C8H9NaO4S. The van der Waals surface area contributed by atoms with Crippen LogP contribution in [0, 0.1) is 6.92 Å². The fourth-order valence-electron chi connectivity index (χ4n) is 1.01. The van der Waals surface area contributed by atoms with E-state index in [0.29, 0.717) is 11.3 Å². The van der Waals surface area contributed by atoms with Crippen LogP contribution in [0.25, 0.3) is 0 Å². The zero-order valence-electron chi connectivity index (χ0n) is 8.27. The molecule has 4 nitrogen and oxygen atoms in total. The summed E-state index contributed by atoms with van der Waals surface area (Å²) in [6.07, 6.45) is 0. The van der Waals surface area contributed by atoms with Gasteiger partial charge >= 0.3 is 29.6 Å². The average molecular weight is 224 g/mol. The normalized spacial score (nSPS) is 10.5. The van der Waals surface area contributed by atoms with Gasteiger partial charge in [-0.25, -0.2) is 8.42 Å². The third kappa shape index (κ3) is 3.25. The minimum atomic E-state index is -4.36. The summed E-state index contributed by atoms with van der Waals surface area (Å²) in [5.74, 6) is 0.562. The van der Waals surface area contributed by atoms with E-state index in [2.05, 4.69) is 0 Å². The molecule has 72 valence electrons. The Kier molecular flexibility index (Phi) is 5.11. The topological polar surface area (TPSA) is 66.4 Å². The number of hydrogen-bond acceptors (Lipinski definition) is 4. The first-order valence-corrected chi connectivity index (χ1v) is 4.96. The number of ether oxygens (including phenoxy) is 1. The van der Waals surface area contributed by atoms with Gasteiger partial charge in [-0.1, -0.05) is 0 Å². The maximum atomic E-state index is 10.6. The molecule has 0 bridgehead atoms. The van der Waals surface area contributed by atoms with Gasteiger partial charge in [0.2, 0.25) is 0 Å². The molecular weight excluding hydrogens is 215 g/mol. The molecule has 0 radical (unpaired) electrons. The van der Waals surface area contributed by atoms with Gasteiger partial charge in [-0.3, -0.25) is 0 Å². The molecule has 0 heterocycles. The first-order valence-electron chi connectivity index (χ1n) is 3.55. The zero-order chi connectivity index (χ0) is 10.1. The second-order valence-electron chi connectivity index (χ2n) is 2.59. The van der Waals surface area contributed by atoms with Crippen LogP contribution in [-0.2, 0) is 10.1 Å². The number of hydrogen-bond donors (Lipinski definition) is 0. The van der Waals surface area contributed by atoms with Crippen molar-refractivity contribution in [1.82, 2.24) is 0 Å². The Morgan fingerprint density at radius 3 is 2.29 bits per heavy atom. The van der Waals surface area contributed by atoms with E-state index in [1.807, 2.05) is 0 Å². The van der Waals surface area contributed by atoms with E-state index in [1.165, 1.54) is 25.3 Å². The Labute approximate surface area is 105 Å². The summed E-state index contributed by atoms with van der Waals surface area (Å²) in [5.41, 5.74) is 0.624. The Balaban J connectivity index is 0.00000169. The smallest absolute Gasteiger partial charge is 0.744 e. The molecule has 0 aliphatic carbocycles. The molecule has 1 aromatic rings. The van der Waals surface area contributed by atoms with E-state index in [9.17, 15) is 13.0 Å². The summed E-state index contributed by atoms with van der Waals surface area (Å²) in [4.78, 5) is -0.231. The van der Waals surface area contributed by atoms with Crippen molar-refractivity contribution in [3.05, 3.63) is 23.8 Å². The Morgan fingerprint density at radius 2 is 1.93 bits per heavy atom. The van der Waals surface area contributed by atoms with Crippen molar-refractivity contribution in [2.24, 2.45) is 0 Å². The molecule has 0 unspecified atom stereocenters. The zero-order valence-corrected chi connectivity index (χ0v) is 11.1. The Bertz CT molecular complexity index is 413. The quantitative estimate of drug-likeness (QED) is 0.427. The predicted octanol–water partition coefficient (Wildman–Crippen LogP) is -2.09. The van der Waals surface area contributed by atoms with Crippen molar-refractivity contribution in [3.8, 4) is 5.75 Å². The van der Waals surface area contributed by atoms with E-state index < -0.39 is 10.1 Å². The molecule has 1 rings (SSSR count). The van der Waals surface area contributed by atoms with Gasteiger partial charge in [0.15, 0.2) is 0 Å². The number of rotatable bonds is 2. The molecule has 0 aliphatic rings. The first kappa shape index (κ1) is 13.9. The van der Waals surface area contributed by atoms with Crippen LogP contribution in [0.2, 0.25) is 0 Å². The van der Waals surface area contributed by atoms with Gasteiger partial charge in [-0.15, -0.1) is 0 Å². The van der Waals surface area contributed by atoms with Crippen LogP contribution in [0.15, 0.2) is 23.1 Å². The average Bonchev–Trinajstić information content (AvgIpc) is 2.02. The fourth-order valence-corrected chi connectivity index (χ4v) is 1.56. The van der Waals surface area contributed by atoms with Crippen molar-refractivity contribution in [3.63, 3.8) is 0 Å². The number of aryl methyl sites for hydroxylation is 1. The van der Waals surface area contributed by atoms with Crippen molar-refractivity contribution in [1.29, 1.82) is 0 Å². The molecule has 1 aromatic carbocycles. The largest absolute Gasteiger partial charge is 1.00 e. The van der Waals surface area contributed by atoms with Crippen LogP contribution in [0.5, 0.6) is 5.75 Å². The summed E-state index contributed by atoms with van der Waals surface area (Å²) >= 11 is 0. The van der Waals surface area contributed by atoms with Crippen molar-refractivity contribution >= 4 is 10.1 Å². The second-order valence-corrected chi connectivity index (χ2v) is 3.97. The number of methoxy groups -OCH3 is 1. The van der Waals surface area contributed by atoms with E-state index in [-0.39, 0.29) is 34.5 Å². The van der Waals surface area contributed by atoms with Crippen LogP contribution in [0.4, 0.5) is 0 Å². The van der Waals surface area contributed by atoms with Gasteiger partial charge in [0.05, 0.1) is 12.0 Å². The van der Waals surface area contributed by atoms with E-state index in [4.69, 9.17) is 4.74 Å². The fraction of sp³-hybridized carbons (Fsp3) is 0.250. The maximum absolute atomic E-state index is 10.6. The third-order valence-electron chi connectivity index (χ3n) is 1.65. The molecule has 0 aliphatic heterocycles. The van der Waals surface area contributed by atoms with Crippen molar-refractivity contribution < 1.29 is 47.3 Å². The summed E-state index contributed by atoms with van der Waals surface area (Å²) in [6, 6.07) is 3.98. The van der Waals surface area contributed by atoms with Gasteiger partial charge < -0.3 is 9.29 Å². The molecule has 0 N–H and O–H groups in total. The van der Waals surface area contributed by atoms with E-state index in [1.54, 1.807) is 6.92 Å². The molecule has 0 saturated carbocycles. The van der Waals surface area contributed by atoms with E-state index >= 15 is 0 Å². The van der Waals surface area contributed by atoms with Crippen LogP contribution < -0.4 is 34.3 Å². The van der Waals surface area contributed by atoms with Gasteiger partial charge in [0, 0.05) is 0 Å². The summed E-state index contributed by atoms with van der Waals surface area (Å²) in [5, 5.41) is 0. The second kappa shape index (κ2) is 5.14. The van der Waals surface area contributed by atoms with Crippen LogP contribution in [0.3, 0.4) is 0 Å². The molecule has 0 amide bonds.